The number of anilines is 1. The van der Waals surface area contributed by atoms with E-state index in [1.165, 1.54) is 11.3 Å². The molecule has 1 N–H and O–H groups in total. The largest absolute Gasteiger partial charge is 0.355 e. The van der Waals surface area contributed by atoms with E-state index in [0.717, 1.165) is 15.0 Å². The molecule has 0 fully saturated rings. The SMILES string of the molecule is CCSc1nnc(NC(=O)Cc2cc(-c3cccs3)on2)s1. The van der Waals surface area contributed by atoms with Gasteiger partial charge in [0, 0.05) is 6.07 Å². The van der Waals surface area contributed by atoms with Crippen LogP contribution in [0.3, 0.4) is 0 Å². The van der Waals surface area contributed by atoms with Gasteiger partial charge in [-0.05, 0) is 17.2 Å². The molecule has 0 unspecified atom stereocenters. The zero-order chi connectivity index (χ0) is 15.4. The first-order valence-corrected chi connectivity index (χ1v) is 9.18. The molecule has 3 aromatic rings. The average molecular weight is 352 g/mol. The maximum absolute atomic E-state index is 12.0. The second-order valence-corrected chi connectivity index (χ2v) is 7.63. The van der Waals surface area contributed by atoms with Gasteiger partial charge in [-0.3, -0.25) is 4.79 Å². The number of rotatable bonds is 6. The highest BCUT2D eigenvalue weighted by Crippen LogP contribution is 2.26. The Balaban J connectivity index is 1.59. The third-order valence-corrected chi connectivity index (χ3v) is 5.32. The molecule has 0 spiro atoms. The van der Waals surface area contributed by atoms with Gasteiger partial charge in [-0.25, -0.2) is 0 Å². The number of nitrogens with zero attached hydrogens (tertiary/aromatic N) is 3. The predicted octanol–water partition coefficient (Wildman–Crippen LogP) is 3.55. The molecule has 0 atom stereocenters. The van der Waals surface area contributed by atoms with Gasteiger partial charge >= 0.3 is 0 Å². The van der Waals surface area contributed by atoms with Crippen molar-refractivity contribution in [3.05, 3.63) is 29.3 Å². The molecule has 3 rings (SSSR count). The molecule has 0 bridgehead atoms. The van der Waals surface area contributed by atoms with Crippen molar-refractivity contribution in [2.45, 2.75) is 17.7 Å². The van der Waals surface area contributed by atoms with Crippen LogP contribution in [-0.4, -0.2) is 27.0 Å². The molecule has 0 aliphatic carbocycles. The quantitative estimate of drug-likeness (QED) is 0.540. The molecular weight excluding hydrogens is 340 g/mol. The standard InChI is InChI=1S/C13H12N4O2S3/c1-2-20-13-16-15-12(22-13)14-11(18)7-8-6-9(19-17-8)10-4-3-5-21-10/h3-6H,2,7H2,1H3,(H,14,15,18). The van der Waals surface area contributed by atoms with Gasteiger partial charge in [0.05, 0.1) is 17.0 Å². The summed E-state index contributed by atoms with van der Waals surface area (Å²) in [5.74, 6) is 1.41. The Kier molecular flexibility index (Phi) is 4.86. The molecule has 9 heteroatoms. The summed E-state index contributed by atoms with van der Waals surface area (Å²) in [4.78, 5) is 13.0. The van der Waals surface area contributed by atoms with Crippen molar-refractivity contribution in [3.8, 4) is 10.6 Å². The molecule has 6 nitrogen and oxygen atoms in total. The third-order valence-electron chi connectivity index (χ3n) is 2.59. The van der Waals surface area contributed by atoms with Crippen LogP contribution >= 0.6 is 34.4 Å². The van der Waals surface area contributed by atoms with E-state index in [1.807, 2.05) is 24.4 Å². The lowest BCUT2D eigenvalue weighted by molar-refractivity contribution is -0.115. The Hall–Kier alpha value is -1.71. The second-order valence-electron chi connectivity index (χ2n) is 4.19. The van der Waals surface area contributed by atoms with Gasteiger partial charge in [0.1, 0.15) is 0 Å². The molecule has 22 heavy (non-hydrogen) atoms. The van der Waals surface area contributed by atoms with E-state index in [0.29, 0.717) is 16.6 Å². The van der Waals surface area contributed by atoms with Gasteiger partial charge in [-0.2, -0.15) is 0 Å². The van der Waals surface area contributed by atoms with Crippen molar-refractivity contribution in [2.24, 2.45) is 0 Å². The van der Waals surface area contributed by atoms with E-state index in [2.05, 4.69) is 20.7 Å². The highest BCUT2D eigenvalue weighted by Gasteiger charge is 2.13. The number of hydrogen-bond acceptors (Lipinski definition) is 8. The van der Waals surface area contributed by atoms with Crippen LogP contribution < -0.4 is 5.32 Å². The molecule has 0 saturated carbocycles. The predicted molar refractivity (Wildman–Crippen MR) is 88.5 cm³/mol. The lowest BCUT2D eigenvalue weighted by Gasteiger charge is -1.96. The molecule has 3 heterocycles. The highest BCUT2D eigenvalue weighted by atomic mass is 32.2. The lowest BCUT2D eigenvalue weighted by Crippen LogP contribution is -2.14. The Morgan fingerprint density at radius 1 is 1.45 bits per heavy atom. The first-order valence-electron chi connectivity index (χ1n) is 6.50. The maximum atomic E-state index is 12.0. The Bertz CT molecular complexity index is 751. The van der Waals surface area contributed by atoms with Crippen molar-refractivity contribution in [3.63, 3.8) is 0 Å². The van der Waals surface area contributed by atoms with Gasteiger partial charge in [-0.1, -0.05) is 41.2 Å². The highest BCUT2D eigenvalue weighted by molar-refractivity contribution is 8.01. The molecule has 0 aliphatic heterocycles. The number of carbonyl (C=O) groups excluding carboxylic acids is 1. The van der Waals surface area contributed by atoms with Crippen LogP contribution in [-0.2, 0) is 11.2 Å². The van der Waals surface area contributed by atoms with E-state index in [1.54, 1.807) is 29.2 Å². The van der Waals surface area contributed by atoms with Crippen LogP contribution in [0.5, 0.6) is 0 Å². The van der Waals surface area contributed by atoms with Gasteiger partial charge in [-0.15, -0.1) is 21.5 Å². The third kappa shape index (κ3) is 3.73. The van der Waals surface area contributed by atoms with Crippen molar-refractivity contribution >= 4 is 45.5 Å². The number of aromatic nitrogens is 3. The summed E-state index contributed by atoms with van der Waals surface area (Å²) >= 11 is 4.53. The van der Waals surface area contributed by atoms with E-state index >= 15 is 0 Å². The summed E-state index contributed by atoms with van der Waals surface area (Å²) in [5.41, 5.74) is 0.591. The molecule has 0 saturated heterocycles. The van der Waals surface area contributed by atoms with E-state index in [-0.39, 0.29) is 12.3 Å². The fraction of sp³-hybridized carbons (Fsp3) is 0.231. The molecule has 0 radical (unpaired) electrons. The maximum Gasteiger partial charge on any atom is 0.232 e. The molecule has 114 valence electrons. The topological polar surface area (TPSA) is 80.9 Å². The molecule has 0 aromatic carbocycles. The van der Waals surface area contributed by atoms with Crippen LogP contribution in [0.25, 0.3) is 10.6 Å². The summed E-state index contributed by atoms with van der Waals surface area (Å²) in [5, 5.41) is 17.0. The summed E-state index contributed by atoms with van der Waals surface area (Å²) in [6, 6.07) is 5.67. The van der Waals surface area contributed by atoms with Crippen LogP contribution in [0.1, 0.15) is 12.6 Å². The minimum Gasteiger partial charge on any atom is -0.355 e. The van der Waals surface area contributed by atoms with E-state index < -0.39 is 0 Å². The molecule has 1 amide bonds. The van der Waals surface area contributed by atoms with Crippen LogP contribution in [0.2, 0.25) is 0 Å². The first kappa shape index (κ1) is 15.2. The van der Waals surface area contributed by atoms with Crippen LogP contribution in [0.4, 0.5) is 5.13 Å². The zero-order valence-electron chi connectivity index (χ0n) is 11.6. The summed E-state index contributed by atoms with van der Waals surface area (Å²) in [6.45, 7) is 2.04. The first-order chi connectivity index (χ1) is 10.7. The van der Waals surface area contributed by atoms with Gasteiger partial charge in [0.15, 0.2) is 10.1 Å². The fourth-order valence-electron chi connectivity index (χ4n) is 1.70. The van der Waals surface area contributed by atoms with Crippen molar-refractivity contribution < 1.29 is 9.32 Å². The van der Waals surface area contributed by atoms with Crippen molar-refractivity contribution in [1.29, 1.82) is 0 Å². The van der Waals surface area contributed by atoms with Crippen molar-refractivity contribution in [1.82, 2.24) is 15.4 Å². The van der Waals surface area contributed by atoms with Crippen LogP contribution in [0, 0.1) is 0 Å². The average Bonchev–Trinajstić information content (AvgIpc) is 3.20. The van der Waals surface area contributed by atoms with E-state index in [4.69, 9.17) is 4.52 Å². The zero-order valence-corrected chi connectivity index (χ0v) is 14.1. The summed E-state index contributed by atoms with van der Waals surface area (Å²) < 4.78 is 6.09. The number of thiophene rings is 1. The normalized spacial score (nSPS) is 10.8. The number of hydrogen-bond donors (Lipinski definition) is 1. The summed E-state index contributed by atoms with van der Waals surface area (Å²) in [6.07, 6.45) is 0.144. The molecular formula is C13H12N4O2S3. The molecule has 3 aromatic heterocycles. The van der Waals surface area contributed by atoms with E-state index in [9.17, 15) is 4.79 Å². The Labute approximate surface area is 138 Å². The summed E-state index contributed by atoms with van der Waals surface area (Å²) in [7, 11) is 0. The van der Waals surface area contributed by atoms with Crippen LogP contribution in [0.15, 0.2) is 32.4 Å². The minimum atomic E-state index is -0.185. The lowest BCUT2D eigenvalue weighted by atomic mass is 10.2. The van der Waals surface area contributed by atoms with Gasteiger partial charge in [0.25, 0.3) is 0 Å². The Morgan fingerprint density at radius 3 is 3.14 bits per heavy atom. The monoisotopic (exact) mass is 352 g/mol. The van der Waals surface area contributed by atoms with Crippen molar-refractivity contribution in [2.75, 3.05) is 11.1 Å². The van der Waals surface area contributed by atoms with Gasteiger partial charge in [0.2, 0.25) is 11.0 Å². The fourth-order valence-corrected chi connectivity index (χ4v) is 4.04. The molecule has 0 aliphatic rings. The second kappa shape index (κ2) is 7.03. The smallest absolute Gasteiger partial charge is 0.232 e. The Morgan fingerprint density at radius 2 is 2.36 bits per heavy atom. The number of carbonyl (C=O) groups is 1. The number of nitrogens with one attached hydrogen (secondary N) is 1. The minimum absolute atomic E-state index is 0.144. The van der Waals surface area contributed by atoms with Gasteiger partial charge < -0.3 is 9.84 Å². The number of amides is 1. The number of thioether (sulfide) groups is 1.